The van der Waals surface area contributed by atoms with Gasteiger partial charge in [0.1, 0.15) is 0 Å². The third-order valence-corrected chi connectivity index (χ3v) is 5.47. The van der Waals surface area contributed by atoms with Crippen molar-refractivity contribution in [2.45, 2.75) is 51.5 Å². The Hall–Kier alpha value is -1.60. The van der Waals surface area contributed by atoms with Crippen LogP contribution in [0, 0.1) is 17.2 Å². The van der Waals surface area contributed by atoms with E-state index in [1.807, 2.05) is 32.9 Å². The smallest absolute Gasteiger partial charge is 0.357 e. The third-order valence-electron chi connectivity index (χ3n) is 3.71. The first kappa shape index (κ1) is 15.8. The average molecular weight is 298 g/mol. The topological polar surface area (TPSA) is 53.2 Å². The maximum atomic E-state index is 12.4. The van der Waals surface area contributed by atoms with Crippen molar-refractivity contribution in [2.24, 2.45) is 10.6 Å². The zero-order chi connectivity index (χ0) is 15.5. The van der Waals surface area contributed by atoms with Gasteiger partial charge in [-0.15, -0.1) is 0 Å². The predicted octanol–water partition coefficient (Wildman–Crippen LogP) is 4.26. The van der Waals surface area contributed by atoms with Gasteiger partial charge < -0.3 is 4.46 Å². The van der Waals surface area contributed by atoms with E-state index in [2.05, 4.69) is 10.7 Å². The Labute approximate surface area is 128 Å². The highest BCUT2D eigenvalue weighted by Gasteiger charge is 2.26. The Morgan fingerprint density at radius 1 is 1.33 bits per heavy atom. The SMILES string of the molecule is CC(C)(C)[Si](=O)N=C(CCC1CC1)c1ccc(C#N)cc1. The molecule has 1 aromatic rings. The van der Waals surface area contributed by atoms with Gasteiger partial charge in [-0.05, 0) is 36.5 Å². The van der Waals surface area contributed by atoms with Gasteiger partial charge in [0.05, 0.1) is 11.6 Å². The molecule has 0 unspecified atom stereocenters. The molecule has 1 aliphatic rings. The molecule has 4 heteroatoms. The first-order valence-corrected chi connectivity index (χ1v) is 8.88. The maximum absolute atomic E-state index is 12.4. The molecule has 0 heterocycles. The molecule has 0 aliphatic heterocycles. The van der Waals surface area contributed by atoms with Gasteiger partial charge in [-0.2, -0.15) is 5.26 Å². The van der Waals surface area contributed by atoms with Gasteiger partial charge in [0.25, 0.3) is 0 Å². The van der Waals surface area contributed by atoms with E-state index in [4.69, 9.17) is 5.26 Å². The van der Waals surface area contributed by atoms with Crippen molar-refractivity contribution >= 4 is 14.6 Å². The molecular formula is C17H22N2OSi. The molecule has 0 saturated heterocycles. The summed E-state index contributed by atoms with van der Waals surface area (Å²) in [5.41, 5.74) is 2.58. The Balaban J connectivity index is 2.23. The van der Waals surface area contributed by atoms with Crippen LogP contribution in [-0.2, 0) is 4.46 Å². The fourth-order valence-electron chi connectivity index (χ4n) is 2.04. The van der Waals surface area contributed by atoms with Gasteiger partial charge >= 0.3 is 8.84 Å². The summed E-state index contributed by atoms with van der Waals surface area (Å²) < 4.78 is 16.9. The van der Waals surface area contributed by atoms with E-state index in [1.165, 1.54) is 12.8 Å². The van der Waals surface area contributed by atoms with Crippen LogP contribution in [0.2, 0.25) is 5.04 Å². The molecule has 21 heavy (non-hydrogen) atoms. The number of nitrogens with zero attached hydrogens (tertiary/aromatic N) is 2. The normalized spacial score (nSPS) is 15.6. The average Bonchev–Trinajstić information content (AvgIpc) is 3.26. The van der Waals surface area contributed by atoms with E-state index < -0.39 is 8.84 Å². The molecule has 0 radical (unpaired) electrons. The molecule has 110 valence electrons. The fourth-order valence-corrected chi connectivity index (χ4v) is 2.86. The van der Waals surface area contributed by atoms with Crippen molar-refractivity contribution < 1.29 is 4.46 Å². The Bertz CT molecular complexity index is 587. The van der Waals surface area contributed by atoms with E-state index in [0.29, 0.717) is 5.56 Å². The first-order valence-electron chi connectivity index (χ1n) is 7.52. The second-order valence-electron chi connectivity index (χ2n) is 6.78. The van der Waals surface area contributed by atoms with Crippen molar-refractivity contribution in [3.05, 3.63) is 35.4 Å². The van der Waals surface area contributed by atoms with Crippen LogP contribution in [0.4, 0.5) is 0 Å². The molecule has 2 rings (SSSR count). The second kappa shape index (κ2) is 6.44. The number of benzene rings is 1. The lowest BCUT2D eigenvalue weighted by atomic mass is 10.0. The summed E-state index contributed by atoms with van der Waals surface area (Å²) in [6.45, 7) is 5.90. The Morgan fingerprint density at radius 3 is 2.43 bits per heavy atom. The zero-order valence-electron chi connectivity index (χ0n) is 13.0. The predicted molar refractivity (Wildman–Crippen MR) is 85.8 cm³/mol. The van der Waals surface area contributed by atoms with E-state index in [-0.39, 0.29) is 5.04 Å². The highest BCUT2D eigenvalue weighted by Crippen LogP contribution is 2.34. The molecule has 0 aromatic heterocycles. The van der Waals surface area contributed by atoms with Crippen LogP contribution in [0.15, 0.2) is 28.9 Å². The van der Waals surface area contributed by atoms with Gasteiger partial charge in [0.2, 0.25) is 0 Å². The molecule has 0 amide bonds. The van der Waals surface area contributed by atoms with Gasteiger partial charge in [-0.25, -0.2) is 0 Å². The molecular weight excluding hydrogens is 276 g/mol. The molecule has 1 saturated carbocycles. The van der Waals surface area contributed by atoms with Gasteiger partial charge in [0.15, 0.2) is 0 Å². The van der Waals surface area contributed by atoms with Gasteiger partial charge in [-0.3, -0.25) is 4.66 Å². The summed E-state index contributed by atoms with van der Waals surface area (Å²) in [6, 6.07) is 9.56. The van der Waals surface area contributed by atoms with Crippen LogP contribution >= 0.6 is 0 Å². The van der Waals surface area contributed by atoms with Crippen LogP contribution in [-0.4, -0.2) is 14.6 Å². The number of nitriles is 1. The van der Waals surface area contributed by atoms with Crippen molar-refractivity contribution in [1.82, 2.24) is 0 Å². The van der Waals surface area contributed by atoms with Crippen molar-refractivity contribution in [1.29, 1.82) is 5.26 Å². The van der Waals surface area contributed by atoms with Crippen LogP contribution in [0.25, 0.3) is 0 Å². The number of hydrogen-bond donors (Lipinski definition) is 0. The van der Waals surface area contributed by atoms with Crippen molar-refractivity contribution in [3.63, 3.8) is 0 Å². The van der Waals surface area contributed by atoms with Crippen LogP contribution in [0.5, 0.6) is 0 Å². The van der Waals surface area contributed by atoms with E-state index in [0.717, 1.165) is 30.0 Å². The Kier molecular flexibility index (Phi) is 4.84. The highest BCUT2D eigenvalue weighted by atomic mass is 28.3. The highest BCUT2D eigenvalue weighted by molar-refractivity contribution is 6.47. The molecule has 0 N–H and O–H groups in total. The summed E-state index contributed by atoms with van der Waals surface area (Å²) in [5.74, 6) is 0.825. The van der Waals surface area contributed by atoms with Crippen LogP contribution < -0.4 is 0 Å². The quantitative estimate of drug-likeness (QED) is 0.602. The summed E-state index contributed by atoms with van der Waals surface area (Å²) >= 11 is 0. The molecule has 0 atom stereocenters. The van der Waals surface area contributed by atoms with E-state index in [1.54, 1.807) is 12.1 Å². The summed E-state index contributed by atoms with van der Waals surface area (Å²) in [4.78, 5) is 0. The lowest BCUT2D eigenvalue weighted by Gasteiger charge is -2.13. The minimum absolute atomic E-state index is 0.276. The largest absolute Gasteiger partial charge is 0.424 e. The second-order valence-corrected chi connectivity index (χ2v) is 9.12. The molecule has 1 aromatic carbocycles. The molecule has 1 fully saturated rings. The molecule has 0 bridgehead atoms. The van der Waals surface area contributed by atoms with Crippen molar-refractivity contribution in [3.8, 4) is 6.07 Å². The maximum Gasteiger partial charge on any atom is 0.424 e. The number of rotatable bonds is 5. The van der Waals surface area contributed by atoms with Gasteiger partial charge in [0, 0.05) is 10.7 Å². The van der Waals surface area contributed by atoms with Gasteiger partial charge in [-0.1, -0.05) is 45.7 Å². The van der Waals surface area contributed by atoms with E-state index >= 15 is 0 Å². The third kappa shape index (κ3) is 4.71. The van der Waals surface area contributed by atoms with Crippen molar-refractivity contribution in [2.75, 3.05) is 0 Å². The minimum atomic E-state index is -2.02. The minimum Gasteiger partial charge on any atom is -0.357 e. The summed E-state index contributed by atoms with van der Waals surface area (Å²) in [7, 11) is -2.02. The lowest BCUT2D eigenvalue weighted by molar-refractivity contribution is 0.526. The summed E-state index contributed by atoms with van der Waals surface area (Å²) in [6.07, 6.45) is 4.63. The van der Waals surface area contributed by atoms with Crippen LogP contribution in [0.1, 0.15) is 57.6 Å². The van der Waals surface area contributed by atoms with E-state index in [9.17, 15) is 4.46 Å². The zero-order valence-corrected chi connectivity index (χ0v) is 14.0. The molecule has 3 nitrogen and oxygen atoms in total. The Morgan fingerprint density at radius 2 is 1.95 bits per heavy atom. The van der Waals surface area contributed by atoms with Crippen LogP contribution in [0.3, 0.4) is 0 Å². The monoisotopic (exact) mass is 298 g/mol. The lowest BCUT2D eigenvalue weighted by Crippen LogP contribution is -2.17. The standard InChI is InChI=1S/C17H22N2OSi/c1-17(2,3)21(20)19-16(11-8-13-4-5-13)15-9-6-14(12-18)7-10-15/h6-7,9-10,13H,4-5,8,11H2,1-3H3. The number of hydrogen-bond acceptors (Lipinski definition) is 2. The molecule has 1 aliphatic carbocycles. The summed E-state index contributed by atoms with van der Waals surface area (Å²) in [5, 5.41) is 8.60. The first-order chi connectivity index (χ1) is 9.90. The fraction of sp³-hybridized carbons (Fsp3) is 0.529. The molecule has 0 spiro atoms.